The van der Waals surface area contributed by atoms with Crippen LogP contribution >= 0.6 is 0 Å². The van der Waals surface area contributed by atoms with Crippen LogP contribution in [0.4, 0.5) is 21.7 Å². The van der Waals surface area contributed by atoms with Crippen molar-refractivity contribution in [3.63, 3.8) is 0 Å². The van der Waals surface area contributed by atoms with Crippen molar-refractivity contribution in [3.05, 3.63) is 77.1 Å². The summed E-state index contributed by atoms with van der Waals surface area (Å²) in [5, 5.41) is 13.7. The molecule has 0 unspecified atom stereocenters. The summed E-state index contributed by atoms with van der Waals surface area (Å²) in [5.74, 6) is 0.307. The van der Waals surface area contributed by atoms with Crippen molar-refractivity contribution in [2.45, 2.75) is 13.8 Å². The molecule has 0 spiro atoms. The van der Waals surface area contributed by atoms with Gasteiger partial charge in [0.05, 0.1) is 0 Å². The summed E-state index contributed by atoms with van der Waals surface area (Å²) < 4.78 is 12.9. The highest BCUT2D eigenvalue weighted by Crippen LogP contribution is 2.16. The number of hydrogen-bond donors (Lipinski definition) is 2. The normalized spacial score (nSPS) is 10.4. The lowest BCUT2D eigenvalue weighted by molar-refractivity contribution is 0.102. The fourth-order valence-corrected chi connectivity index (χ4v) is 2.22. The van der Waals surface area contributed by atoms with Crippen molar-refractivity contribution in [2.24, 2.45) is 0 Å². The van der Waals surface area contributed by atoms with Crippen LogP contribution in [0.5, 0.6) is 0 Å². The fraction of sp³-hybridized carbons (Fsp3) is 0.105. The van der Waals surface area contributed by atoms with Gasteiger partial charge in [-0.1, -0.05) is 6.07 Å². The van der Waals surface area contributed by atoms with E-state index in [1.54, 1.807) is 30.3 Å². The predicted octanol–water partition coefficient (Wildman–Crippen LogP) is 4.23. The zero-order valence-corrected chi connectivity index (χ0v) is 13.9. The van der Waals surface area contributed by atoms with E-state index in [-0.39, 0.29) is 11.7 Å². The highest BCUT2D eigenvalue weighted by Gasteiger charge is 2.08. The average molecular weight is 336 g/mol. The first-order valence-electron chi connectivity index (χ1n) is 7.76. The summed E-state index contributed by atoms with van der Waals surface area (Å²) in [5.41, 5.74) is 3.45. The minimum atomic E-state index is -0.305. The number of hydrogen-bond acceptors (Lipinski definition) is 4. The summed E-state index contributed by atoms with van der Waals surface area (Å²) in [6.45, 7) is 3.96. The third kappa shape index (κ3) is 4.17. The molecule has 0 bridgehead atoms. The van der Waals surface area contributed by atoms with Crippen LogP contribution in [0.3, 0.4) is 0 Å². The number of rotatable bonds is 4. The smallest absolute Gasteiger partial charge is 0.256 e. The van der Waals surface area contributed by atoms with Crippen molar-refractivity contribution < 1.29 is 9.18 Å². The highest BCUT2D eigenvalue weighted by molar-refractivity contribution is 6.03. The number of nitrogens with zero attached hydrogens (tertiary/aromatic N) is 2. The molecule has 0 atom stereocenters. The Kier molecular flexibility index (Phi) is 4.70. The van der Waals surface area contributed by atoms with E-state index in [1.807, 2.05) is 26.0 Å². The molecule has 1 aromatic heterocycles. The lowest BCUT2D eigenvalue weighted by atomic mass is 10.1. The van der Waals surface area contributed by atoms with Gasteiger partial charge in [0.15, 0.2) is 11.6 Å². The van der Waals surface area contributed by atoms with Crippen LogP contribution in [0.2, 0.25) is 0 Å². The number of anilines is 3. The van der Waals surface area contributed by atoms with Gasteiger partial charge < -0.3 is 10.6 Å². The molecule has 2 aromatic carbocycles. The first-order chi connectivity index (χ1) is 12.0. The topological polar surface area (TPSA) is 66.9 Å². The van der Waals surface area contributed by atoms with Gasteiger partial charge in [0.1, 0.15) is 5.82 Å². The standard InChI is InChI=1S/C19H17FN4O/c1-12-3-4-14(11-13(12)2)19(25)22-18-10-9-17(23-24-18)21-16-7-5-15(20)6-8-16/h3-11H,1-2H3,(H,21,23)(H,22,24,25). The molecule has 25 heavy (non-hydrogen) atoms. The van der Waals surface area contributed by atoms with Crippen molar-refractivity contribution >= 4 is 23.2 Å². The second-order valence-electron chi connectivity index (χ2n) is 5.69. The average Bonchev–Trinajstić information content (AvgIpc) is 2.61. The van der Waals surface area contributed by atoms with E-state index in [1.165, 1.54) is 12.1 Å². The number of amides is 1. The molecule has 1 heterocycles. The maximum Gasteiger partial charge on any atom is 0.256 e. The van der Waals surface area contributed by atoms with Crippen molar-refractivity contribution in [1.29, 1.82) is 0 Å². The lowest BCUT2D eigenvalue weighted by Crippen LogP contribution is -2.13. The predicted molar refractivity (Wildman–Crippen MR) is 95.6 cm³/mol. The fourth-order valence-electron chi connectivity index (χ4n) is 2.22. The zero-order valence-electron chi connectivity index (χ0n) is 13.9. The Morgan fingerprint density at radius 3 is 2.20 bits per heavy atom. The summed E-state index contributed by atoms with van der Waals surface area (Å²) in [6, 6.07) is 14.8. The van der Waals surface area contributed by atoms with E-state index in [4.69, 9.17) is 0 Å². The minimum absolute atomic E-state index is 0.239. The number of benzene rings is 2. The Labute approximate surface area is 144 Å². The van der Waals surface area contributed by atoms with Crippen LogP contribution in [-0.2, 0) is 0 Å². The van der Waals surface area contributed by atoms with Crippen LogP contribution in [0.1, 0.15) is 21.5 Å². The molecule has 0 radical (unpaired) electrons. The molecule has 0 fully saturated rings. The van der Waals surface area contributed by atoms with Gasteiger partial charge >= 0.3 is 0 Å². The third-order valence-corrected chi connectivity index (χ3v) is 3.79. The Balaban J connectivity index is 1.66. The van der Waals surface area contributed by atoms with Gasteiger partial charge in [0, 0.05) is 11.3 Å². The molecule has 0 aliphatic carbocycles. The van der Waals surface area contributed by atoms with Gasteiger partial charge in [-0.25, -0.2) is 4.39 Å². The molecular weight excluding hydrogens is 319 g/mol. The second kappa shape index (κ2) is 7.09. The molecule has 0 aliphatic rings. The first-order valence-corrected chi connectivity index (χ1v) is 7.76. The van der Waals surface area contributed by atoms with Gasteiger partial charge in [-0.3, -0.25) is 4.79 Å². The molecule has 5 nitrogen and oxygen atoms in total. The van der Waals surface area contributed by atoms with Gasteiger partial charge in [-0.05, 0) is 73.5 Å². The van der Waals surface area contributed by atoms with Gasteiger partial charge in [0.2, 0.25) is 0 Å². The summed E-state index contributed by atoms with van der Waals surface area (Å²) >= 11 is 0. The molecule has 3 aromatic rings. The van der Waals surface area contributed by atoms with Gasteiger partial charge in [-0.15, -0.1) is 10.2 Å². The van der Waals surface area contributed by atoms with E-state index in [9.17, 15) is 9.18 Å². The van der Waals surface area contributed by atoms with E-state index in [2.05, 4.69) is 20.8 Å². The SMILES string of the molecule is Cc1ccc(C(=O)Nc2ccc(Nc3ccc(F)cc3)nn2)cc1C. The maximum atomic E-state index is 12.9. The molecule has 2 N–H and O–H groups in total. The van der Waals surface area contributed by atoms with E-state index >= 15 is 0 Å². The molecule has 0 saturated carbocycles. The Morgan fingerprint density at radius 1 is 0.880 bits per heavy atom. The first kappa shape index (κ1) is 16.6. The largest absolute Gasteiger partial charge is 0.339 e. The van der Waals surface area contributed by atoms with Crippen molar-refractivity contribution in [1.82, 2.24) is 10.2 Å². The number of aromatic nitrogens is 2. The molecule has 126 valence electrons. The van der Waals surface area contributed by atoms with Gasteiger partial charge in [0.25, 0.3) is 5.91 Å². The molecule has 3 rings (SSSR count). The van der Waals surface area contributed by atoms with Crippen LogP contribution in [0.15, 0.2) is 54.6 Å². The van der Waals surface area contributed by atoms with Crippen LogP contribution in [0, 0.1) is 19.7 Å². The number of halogens is 1. The number of carbonyl (C=O) groups excluding carboxylic acids is 1. The highest BCUT2D eigenvalue weighted by atomic mass is 19.1. The van der Waals surface area contributed by atoms with Crippen molar-refractivity contribution in [2.75, 3.05) is 10.6 Å². The second-order valence-corrected chi connectivity index (χ2v) is 5.69. The van der Waals surface area contributed by atoms with E-state index in [0.29, 0.717) is 22.9 Å². The van der Waals surface area contributed by atoms with E-state index in [0.717, 1.165) is 11.1 Å². The van der Waals surface area contributed by atoms with Crippen LogP contribution in [0.25, 0.3) is 0 Å². The molecule has 1 amide bonds. The molecular formula is C19H17FN4O. The Hall–Kier alpha value is -3.28. The van der Waals surface area contributed by atoms with E-state index < -0.39 is 0 Å². The molecule has 6 heteroatoms. The molecule has 0 aliphatic heterocycles. The summed E-state index contributed by atoms with van der Waals surface area (Å²) in [7, 11) is 0. The third-order valence-electron chi connectivity index (χ3n) is 3.79. The van der Waals surface area contributed by atoms with Crippen molar-refractivity contribution in [3.8, 4) is 0 Å². The number of nitrogens with one attached hydrogen (secondary N) is 2. The van der Waals surface area contributed by atoms with Crippen LogP contribution in [-0.4, -0.2) is 16.1 Å². The number of carbonyl (C=O) groups is 1. The van der Waals surface area contributed by atoms with Gasteiger partial charge in [-0.2, -0.15) is 0 Å². The Bertz CT molecular complexity index is 892. The molecule has 0 saturated heterocycles. The zero-order chi connectivity index (χ0) is 17.8. The summed E-state index contributed by atoms with van der Waals surface area (Å²) in [6.07, 6.45) is 0. The summed E-state index contributed by atoms with van der Waals surface area (Å²) in [4.78, 5) is 12.3. The lowest BCUT2D eigenvalue weighted by Gasteiger charge is -2.08. The monoisotopic (exact) mass is 336 g/mol. The maximum absolute atomic E-state index is 12.9. The Morgan fingerprint density at radius 2 is 1.56 bits per heavy atom. The quantitative estimate of drug-likeness (QED) is 0.748. The van der Waals surface area contributed by atoms with Crippen LogP contribution < -0.4 is 10.6 Å². The minimum Gasteiger partial charge on any atom is -0.339 e. The number of aryl methyl sites for hydroxylation is 2.